The van der Waals surface area contributed by atoms with Gasteiger partial charge in [0, 0.05) is 37.4 Å². The van der Waals surface area contributed by atoms with Crippen molar-refractivity contribution in [3.8, 4) is 0 Å². The minimum Gasteiger partial charge on any atom is -0.477 e. The summed E-state index contributed by atoms with van der Waals surface area (Å²) in [5.74, 6) is -2.22. The number of nitrogens with one attached hydrogen (secondary N) is 5. The molecule has 8 atom stereocenters. The number of aliphatic carboxylic acids is 1. The van der Waals surface area contributed by atoms with E-state index in [1.54, 1.807) is 10.9 Å². The summed E-state index contributed by atoms with van der Waals surface area (Å²) in [4.78, 5) is 64.3. The standard InChI is InChI=1S/C31H49N11O10S/c1-16(44)36-25-18(37-29(32)33)11-21(28(47)48)51-27(25)26(20(45)14-43)52-31(50)35-12-17-13-42(41-40-17)10-6-2-5-9-34-23(46)8-4-3-7-22-24-19(15-53-22)38-30(49)39-24/h11,13,18-20,22,24-27,43,45H,2-10,12,14-15H2,1H3,(H,34,46)(H,35,50)(H,36,44)(H,47,48)(H4,32,33,37)(H2,38,39,49)/t18-,19-,20+,22-,24-,25+,26+,27?/m0/s1. The normalized spacial score (nSPS) is 24.3. The number of aromatic nitrogens is 3. The van der Waals surface area contributed by atoms with E-state index in [1.807, 2.05) is 11.8 Å². The minimum atomic E-state index is -1.76. The summed E-state index contributed by atoms with van der Waals surface area (Å²) in [5, 5.41) is 52.2. The lowest BCUT2D eigenvalue weighted by atomic mass is 9.92. The summed E-state index contributed by atoms with van der Waals surface area (Å²) in [6.07, 6.45) is 2.17. The molecule has 53 heavy (non-hydrogen) atoms. The fraction of sp³-hybridized carbons (Fsp3) is 0.677. The Morgan fingerprint density at radius 3 is 2.68 bits per heavy atom. The number of carboxylic acid groups (broad SMARTS) is 1. The largest absolute Gasteiger partial charge is 0.477 e. The molecule has 3 aliphatic rings. The molecule has 3 aliphatic heterocycles. The lowest BCUT2D eigenvalue weighted by molar-refractivity contribution is -0.146. The predicted molar refractivity (Wildman–Crippen MR) is 189 cm³/mol. The predicted octanol–water partition coefficient (Wildman–Crippen LogP) is -2.25. The van der Waals surface area contributed by atoms with Crippen molar-refractivity contribution in [2.45, 2.75) is 113 Å². The zero-order chi connectivity index (χ0) is 38.5. The van der Waals surface area contributed by atoms with Crippen molar-refractivity contribution < 1.29 is 48.8 Å². The number of thioether (sulfide) groups is 1. The van der Waals surface area contributed by atoms with Crippen LogP contribution in [-0.4, -0.2) is 133 Å². The van der Waals surface area contributed by atoms with E-state index >= 15 is 0 Å². The highest BCUT2D eigenvalue weighted by atomic mass is 32.2. The van der Waals surface area contributed by atoms with E-state index in [0.29, 0.717) is 30.5 Å². The van der Waals surface area contributed by atoms with Gasteiger partial charge in [-0.3, -0.25) is 14.3 Å². The third kappa shape index (κ3) is 12.4. The Hall–Kier alpha value is -4.83. The van der Waals surface area contributed by atoms with Crippen molar-refractivity contribution >= 4 is 47.6 Å². The number of carbonyl (C=O) groups excluding carboxylic acids is 4. The number of unbranched alkanes of at least 4 members (excludes halogenated alkanes) is 3. The molecule has 0 bridgehead atoms. The summed E-state index contributed by atoms with van der Waals surface area (Å²) in [7, 11) is 0. The van der Waals surface area contributed by atoms with Crippen LogP contribution in [0.1, 0.15) is 57.6 Å². The van der Waals surface area contributed by atoms with E-state index in [0.717, 1.165) is 50.4 Å². The summed E-state index contributed by atoms with van der Waals surface area (Å²) >= 11 is 1.87. The number of carboxylic acids is 1. The Morgan fingerprint density at radius 2 is 1.96 bits per heavy atom. The Morgan fingerprint density at radius 1 is 1.17 bits per heavy atom. The molecule has 294 valence electrons. The fourth-order valence-electron chi connectivity index (χ4n) is 6.29. The van der Waals surface area contributed by atoms with Crippen molar-refractivity contribution in [1.82, 2.24) is 41.6 Å². The molecular weight excluding hydrogens is 718 g/mol. The summed E-state index contributed by atoms with van der Waals surface area (Å²) < 4.78 is 12.5. The van der Waals surface area contributed by atoms with Crippen molar-refractivity contribution in [3.63, 3.8) is 0 Å². The zero-order valence-electron chi connectivity index (χ0n) is 29.3. The van der Waals surface area contributed by atoms with Gasteiger partial charge in [-0.15, -0.1) is 5.10 Å². The molecule has 5 amide bonds. The van der Waals surface area contributed by atoms with Gasteiger partial charge in [0.1, 0.15) is 11.8 Å². The number of fused-ring (bicyclic) bond motifs is 1. The van der Waals surface area contributed by atoms with Crippen LogP contribution in [0.25, 0.3) is 0 Å². The summed E-state index contributed by atoms with van der Waals surface area (Å²) in [6, 6.07) is -2.11. The van der Waals surface area contributed by atoms with Gasteiger partial charge in [-0.25, -0.2) is 19.4 Å². The maximum Gasteiger partial charge on any atom is 0.407 e. The molecule has 12 N–H and O–H groups in total. The maximum atomic E-state index is 12.8. The number of carbonyl (C=O) groups is 5. The van der Waals surface area contributed by atoms with E-state index in [9.17, 15) is 39.3 Å². The fourth-order valence-corrected chi connectivity index (χ4v) is 7.83. The van der Waals surface area contributed by atoms with Gasteiger partial charge in [-0.05, 0) is 38.2 Å². The number of amides is 5. The van der Waals surface area contributed by atoms with Crippen LogP contribution in [0.4, 0.5) is 9.59 Å². The third-order valence-corrected chi connectivity index (χ3v) is 10.3. The first-order chi connectivity index (χ1) is 25.3. The SMILES string of the molecule is CC(=O)N[C@H]1C([C@H](OC(=O)NCc2cn(CCCCCNC(=O)CCCC[C@@H]3SC[C@@H]4NC(=O)N[C@@H]43)nn2)[C@H](O)CO)OC(C(=O)O)=C[C@@H]1N=C(N)N. The first-order valence-electron chi connectivity index (χ1n) is 17.4. The van der Waals surface area contributed by atoms with Crippen LogP contribution in [0.5, 0.6) is 0 Å². The van der Waals surface area contributed by atoms with Gasteiger partial charge in [0.15, 0.2) is 18.2 Å². The number of rotatable bonds is 20. The molecule has 0 aromatic carbocycles. The van der Waals surface area contributed by atoms with Gasteiger partial charge >= 0.3 is 18.1 Å². The highest BCUT2D eigenvalue weighted by Gasteiger charge is 2.46. The van der Waals surface area contributed by atoms with Crippen LogP contribution in [-0.2, 0) is 36.9 Å². The van der Waals surface area contributed by atoms with Crippen molar-refractivity contribution in [1.29, 1.82) is 0 Å². The molecular formula is C31H49N11O10S. The molecule has 1 aromatic heterocycles. The lowest BCUT2D eigenvalue weighted by Crippen LogP contribution is -2.61. The Bertz CT molecular complexity index is 1510. The van der Waals surface area contributed by atoms with Crippen LogP contribution >= 0.6 is 11.8 Å². The number of ether oxygens (including phenoxy) is 2. The van der Waals surface area contributed by atoms with Gasteiger partial charge in [0.05, 0.1) is 43.5 Å². The number of aryl methyl sites for hydroxylation is 1. The molecule has 2 fully saturated rings. The second kappa shape index (κ2) is 19.9. The van der Waals surface area contributed by atoms with E-state index in [4.69, 9.17) is 20.9 Å². The molecule has 0 radical (unpaired) electrons. The van der Waals surface area contributed by atoms with Gasteiger partial charge in [0.25, 0.3) is 0 Å². The second-order valence-corrected chi connectivity index (χ2v) is 14.2. The number of aliphatic imine (C=N–C) groups is 1. The van der Waals surface area contributed by atoms with E-state index in [1.165, 1.54) is 6.92 Å². The average Bonchev–Trinajstić information content (AvgIpc) is 3.82. The number of nitrogens with two attached hydrogens (primary N) is 2. The van der Waals surface area contributed by atoms with Gasteiger partial charge in [-0.2, -0.15) is 11.8 Å². The monoisotopic (exact) mass is 767 g/mol. The number of alkyl carbamates (subject to hydrolysis) is 1. The molecule has 2 saturated heterocycles. The first kappa shape index (κ1) is 40.9. The Labute approximate surface area is 309 Å². The molecule has 22 heteroatoms. The molecule has 1 unspecified atom stereocenters. The van der Waals surface area contributed by atoms with Crippen molar-refractivity contribution in [2.24, 2.45) is 16.5 Å². The second-order valence-electron chi connectivity index (χ2n) is 12.9. The number of nitrogens with zero attached hydrogens (tertiary/aromatic N) is 4. The zero-order valence-corrected chi connectivity index (χ0v) is 30.1. The topological polar surface area (TPSA) is 320 Å². The molecule has 4 heterocycles. The quantitative estimate of drug-likeness (QED) is 0.0290. The Balaban J connectivity index is 1.15. The molecule has 1 aromatic rings. The van der Waals surface area contributed by atoms with Gasteiger partial charge in [0.2, 0.25) is 17.6 Å². The van der Waals surface area contributed by atoms with Crippen LogP contribution in [0, 0.1) is 0 Å². The highest BCUT2D eigenvalue weighted by molar-refractivity contribution is 8.00. The molecule has 0 aliphatic carbocycles. The van der Waals surface area contributed by atoms with Crippen LogP contribution in [0.3, 0.4) is 0 Å². The van der Waals surface area contributed by atoms with E-state index < -0.39 is 66.7 Å². The molecule has 0 saturated carbocycles. The summed E-state index contributed by atoms with van der Waals surface area (Å²) in [5.41, 5.74) is 11.4. The number of aliphatic hydroxyl groups is 2. The third-order valence-electron chi connectivity index (χ3n) is 8.79. The van der Waals surface area contributed by atoms with E-state index in [-0.39, 0.29) is 30.6 Å². The first-order valence-corrected chi connectivity index (χ1v) is 18.4. The van der Waals surface area contributed by atoms with Crippen LogP contribution in [0.2, 0.25) is 0 Å². The smallest absolute Gasteiger partial charge is 0.407 e. The van der Waals surface area contributed by atoms with Crippen molar-refractivity contribution in [3.05, 3.63) is 23.7 Å². The number of aliphatic hydroxyl groups excluding tert-OH is 2. The number of hydrogen-bond acceptors (Lipinski definition) is 13. The molecule has 4 rings (SSSR count). The lowest BCUT2D eigenvalue weighted by Gasteiger charge is -2.39. The highest BCUT2D eigenvalue weighted by Crippen LogP contribution is 2.33. The number of urea groups is 1. The minimum absolute atomic E-state index is 0.0257. The number of guanidine groups is 1. The van der Waals surface area contributed by atoms with Crippen LogP contribution in [0.15, 0.2) is 23.0 Å². The number of hydrogen-bond donors (Lipinski definition) is 10. The average molecular weight is 768 g/mol. The van der Waals surface area contributed by atoms with Gasteiger partial charge in [-0.1, -0.05) is 11.6 Å². The van der Waals surface area contributed by atoms with Crippen molar-refractivity contribution in [2.75, 3.05) is 18.9 Å². The molecule has 0 spiro atoms. The summed E-state index contributed by atoms with van der Waals surface area (Å²) in [6.45, 7) is 1.25. The van der Waals surface area contributed by atoms with E-state index in [2.05, 4.69) is 41.9 Å². The van der Waals surface area contributed by atoms with Crippen LogP contribution < -0.4 is 38.1 Å². The Kier molecular flexibility index (Phi) is 15.3. The van der Waals surface area contributed by atoms with Gasteiger partial charge < -0.3 is 62.8 Å². The maximum absolute atomic E-state index is 12.8. The molecule has 21 nitrogen and oxygen atoms in total.